The molecule has 0 bridgehead atoms. The number of nitrogens with one attached hydrogen (secondary N) is 1. The van der Waals surface area contributed by atoms with Gasteiger partial charge in [-0.25, -0.2) is 19.9 Å². The third kappa shape index (κ3) is 4.88. The minimum absolute atomic E-state index is 0.0864. The van der Waals surface area contributed by atoms with E-state index in [-0.39, 0.29) is 25.0 Å². The first kappa shape index (κ1) is 22.1. The molecule has 0 radical (unpaired) electrons. The molecule has 0 spiro atoms. The van der Waals surface area contributed by atoms with Crippen molar-refractivity contribution >= 4 is 22.8 Å². The topological polar surface area (TPSA) is 120 Å². The second-order valence-electron chi connectivity index (χ2n) is 7.65. The average Bonchev–Trinajstić information content (AvgIpc) is 3.05. The molecule has 172 valence electrons. The lowest BCUT2D eigenvalue weighted by Crippen LogP contribution is -2.49. The number of fused-ring (bicyclic) bond motifs is 1. The predicted molar refractivity (Wildman–Crippen MR) is 112 cm³/mol. The Kier molecular flexibility index (Phi) is 6.11. The lowest BCUT2D eigenvalue weighted by Gasteiger charge is -2.32. The van der Waals surface area contributed by atoms with Gasteiger partial charge in [0.1, 0.15) is 29.2 Å². The minimum Gasteiger partial charge on any atom is -0.384 e. The lowest BCUT2D eigenvalue weighted by molar-refractivity contribution is -0.174. The standard InChI is InChI=1S/C19H24F3N9O/c1-11-9-30(6-5-24-11)18-27-14-12(2)29-31(7-8-32-10-19(20,21)22)16(14)15(28-18)17-25-4-3-13(23)26-17/h3-4,11,24H,5-10H2,1-2H3,(H2,23,25,26)/t11-/m1/s1. The molecule has 1 fully saturated rings. The summed E-state index contributed by atoms with van der Waals surface area (Å²) in [5.41, 5.74) is 8.00. The van der Waals surface area contributed by atoms with Crippen LogP contribution in [0.25, 0.3) is 22.6 Å². The van der Waals surface area contributed by atoms with Crippen molar-refractivity contribution in [2.75, 3.05) is 43.5 Å². The van der Waals surface area contributed by atoms with E-state index in [2.05, 4.69) is 32.2 Å². The average molecular weight is 451 g/mol. The van der Waals surface area contributed by atoms with E-state index in [4.69, 9.17) is 20.4 Å². The maximum Gasteiger partial charge on any atom is 0.411 e. The highest BCUT2D eigenvalue weighted by Gasteiger charge is 2.28. The minimum atomic E-state index is -4.39. The van der Waals surface area contributed by atoms with E-state index in [0.717, 1.165) is 19.6 Å². The van der Waals surface area contributed by atoms with Crippen molar-refractivity contribution < 1.29 is 17.9 Å². The molecular weight excluding hydrogens is 427 g/mol. The molecule has 0 aromatic carbocycles. The van der Waals surface area contributed by atoms with Crippen LogP contribution in [0.15, 0.2) is 12.3 Å². The molecule has 1 saturated heterocycles. The van der Waals surface area contributed by atoms with Crippen LogP contribution in [0.3, 0.4) is 0 Å². The van der Waals surface area contributed by atoms with Crippen LogP contribution in [-0.2, 0) is 11.3 Å². The largest absolute Gasteiger partial charge is 0.411 e. The number of ether oxygens (including phenoxy) is 1. The van der Waals surface area contributed by atoms with Crippen molar-refractivity contribution in [1.29, 1.82) is 0 Å². The Morgan fingerprint density at radius 2 is 2.09 bits per heavy atom. The van der Waals surface area contributed by atoms with Gasteiger partial charge in [-0.15, -0.1) is 0 Å². The van der Waals surface area contributed by atoms with E-state index < -0.39 is 12.8 Å². The highest BCUT2D eigenvalue weighted by molar-refractivity contribution is 5.90. The zero-order valence-electron chi connectivity index (χ0n) is 17.7. The summed E-state index contributed by atoms with van der Waals surface area (Å²) in [4.78, 5) is 20.1. The zero-order chi connectivity index (χ0) is 22.9. The Balaban J connectivity index is 1.76. The summed E-state index contributed by atoms with van der Waals surface area (Å²) in [5, 5.41) is 7.85. The van der Waals surface area contributed by atoms with Crippen LogP contribution in [0.4, 0.5) is 24.9 Å². The summed E-state index contributed by atoms with van der Waals surface area (Å²) < 4.78 is 43.5. The van der Waals surface area contributed by atoms with Crippen LogP contribution in [0, 0.1) is 6.92 Å². The summed E-state index contributed by atoms with van der Waals surface area (Å²) >= 11 is 0. The van der Waals surface area contributed by atoms with Crippen LogP contribution < -0.4 is 16.0 Å². The van der Waals surface area contributed by atoms with Gasteiger partial charge in [0.2, 0.25) is 5.95 Å². The van der Waals surface area contributed by atoms with E-state index in [9.17, 15) is 13.2 Å². The molecule has 3 N–H and O–H groups in total. The van der Waals surface area contributed by atoms with Crippen molar-refractivity contribution in [3.63, 3.8) is 0 Å². The number of aryl methyl sites for hydroxylation is 1. The summed E-state index contributed by atoms with van der Waals surface area (Å²) in [6.45, 7) is 4.70. The number of nitrogens with two attached hydrogens (primary N) is 1. The maximum absolute atomic E-state index is 12.4. The number of hydrogen-bond donors (Lipinski definition) is 2. The van der Waals surface area contributed by atoms with E-state index in [1.807, 2.05) is 0 Å². The number of nitrogens with zero attached hydrogens (tertiary/aromatic N) is 7. The SMILES string of the molecule is Cc1nn(CCOCC(F)(F)F)c2c(-c3nccc(N)n3)nc(N3CCN[C@H](C)C3)nc12. The predicted octanol–water partition coefficient (Wildman–Crippen LogP) is 1.55. The molecule has 0 amide bonds. The smallest absolute Gasteiger partial charge is 0.384 e. The van der Waals surface area contributed by atoms with Gasteiger partial charge in [-0.2, -0.15) is 18.3 Å². The van der Waals surface area contributed by atoms with Crippen molar-refractivity contribution in [1.82, 2.24) is 35.0 Å². The molecule has 0 unspecified atom stereocenters. The number of nitrogen functional groups attached to an aromatic ring is 1. The molecular formula is C19H24F3N9O. The second-order valence-corrected chi connectivity index (χ2v) is 7.65. The number of halogens is 3. The van der Waals surface area contributed by atoms with Crippen LogP contribution >= 0.6 is 0 Å². The molecule has 0 saturated carbocycles. The van der Waals surface area contributed by atoms with Crippen LogP contribution in [0.5, 0.6) is 0 Å². The van der Waals surface area contributed by atoms with Crippen LogP contribution in [0.2, 0.25) is 0 Å². The first-order valence-electron chi connectivity index (χ1n) is 10.2. The number of aromatic nitrogens is 6. The maximum atomic E-state index is 12.4. The molecule has 32 heavy (non-hydrogen) atoms. The highest BCUT2D eigenvalue weighted by Crippen LogP contribution is 2.29. The van der Waals surface area contributed by atoms with Gasteiger partial charge in [-0.3, -0.25) is 4.68 Å². The van der Waals surface area contributed by atoms with Gasteiger partial charge < -0.3 is 20.7 Å². The number of anilines is 2. The monoisotopic (exact) mass is 451 g/mol. The van der Waals surface area contributed by atoms with Crippen LogP contribution in [-0.4, -0.2) is 74.8 Å². The van der Waals surface area contributed by atoms with Crippen molar-refractivity contribution in [2.24, 2.45) is 0 Å². The Hall–Kier alpha value is -3.06. The van der Waals surface area contributed by atoms with E-state index >= 15 is 0 Å². The molecule has 13 heteroatoms. The van der Waals surface area contributed by atoms with E-state index in [1.165, 1.54) is 10.9 Å². The third-order valence-electron chi connectivity index (χ3n) is 5.00. The third-order valence-corrected chi connectivity index (χ3v) is 5.00. The molecule has 3 aromatic heterocycles. The fraction of sp³-hybridized carbons (Fsp3) is 0.526. The molecule has 1 atom stereocenters. The van der Waals surface area contributed by atoms with Gasteiger partial charge in [-0.1, -0.05) is 0 Å². The molecule has 0 aliphatic carbocycles. The number of rotatable bonds is 6. The molecule has 3 aromatic rings. The van der Waals surface area contributed by atoms with Crippen molar-refractivity contribution in [3.05, 3.63) is 18.0 Å². The lowest BCUT2D eigenvalue weighted by atomic mass is 10.2. The van der Waals surface area contributed by atoms with Crippen molar-refractivity contribution in [3.8, 4) is 11.5 Å². The van der Waals surface area contributed by atoms with Crippen molar-refractivity contribution in [2.45, 2.75) is 32.6 Å². The first-order valence-corrected chi connectivity index (χ1v) is 10.2. The Labute approximate surface area is 182 Å². The first-order chi connectivity index (χ1) is 15.2. The summed E-state index contributed by atoms with van der Waals surface area (Å²) in [5.74, 6) is 1.08. The Bertz CT molecular complexity index is 1100. The van der Waals surface area contributed by atoms with E-state index in [0.29, 0.717) is 34.2 Å². The van der Waals surface area contributed by atoms with E-state index in [1.54, 1.807) is 13.0 Å². The van der Waals surface area contributed by atoms with Gasteiger partial charge in [0.15, 0.2) is 5.82 Å². The number of alkyl halides is 3. The molecule has 1 aliphatic heterocycles. The molecule has 4 rings (SSSR count). The molecule has 1 aliphatic rings. The van der Waals surface area contributed by atoms with Gasteiger partial charge in [0, 0.05) is 31.9 Å². The van der Waals surface area contributed by atoms with Gasteiger partial charge in [0.05, 0.1) is 18.8 Å². The highest BCUT2D eigenvalue weighted by atomic mass is 19.4. The number of piperazine rings is 1. The second kappa shape index (κ2) is 8.82. The zero-order valence-corrected chi connectivity index (χ0v) is 17.7. The fourth-order valence-corrected chi connectivity index (χ4v) is 3.62. The number of hydrogen-bond acceptors (Lipinski definition) is 9. The summed E-state index contributed by atoms with van der Waals surface area (Å²) in [7, 11) is 0. The molecule has 10 nitrogen and oxygen atoms in total. The normalized spacial score (nSPS) is 17.3. The Morgan fingerprint density at radius 3 is 2.81 bits per heavy atom. The fourth-order valence-electron chi connectivity index (χ4n) is 3.62. The summed E-state index contributed by atoms with van der Waals surface area (Å²) in [6.07, 6.45) is -2.86. The van der Waals surface area contributed by atoms with Gasteiger partial charge in [0.25, 0.3) is 0 Å². The molecule has 4 heterocycles. The van der Waals surface area contributed by atoms with Gasteiger partial charge >= 0.3 is 6.18 Å². The summed E-state index contributed by atoms with van der Waals surface area (Å²) in [6, 6.07) is 1.83. The van der Waals surface area contributed by atoms with Gasteiger partial charge in [-0.05, 0) is 19.9 Å². The Morgan fingerprint density at radius 1 is 1.28 bits per heavy atom. The quantitative estimate of drug-likeness (QED) is 0.538. The van der Waals surface area contributed by atoms with Crippen LogP contribution in [0.1, 0.15) is 12.6 Å².